The number of hydrogen-bond acceptors (Lipinski definition) is 3. The smallest absolute Gasteiger partial charge is 0.0948 e. The second-order valence-electron chi connectivity index (χ2n) is 4.52. The van der Waals surface area contributed by atoms with E-state index in [1.807, 2.05) is 24.7 Å². The van der Waals surface area contributed by atoms with Gasteiger partial charge in [-0.05, 0) is 12.5 Å². The Bertz CT molecular complexity index is 508. The summed E-state index contributed by atoms with van der Waals surface area (Å²) in [6.45, 7) is 4.58. The first-order valence-corrected chi connectivity index (χ1v) is 6.65. The van der Waals surface area contributed by atoms with E-state index in [4.69, 9.17) is 4.74 Å². The minimum Gasteiger partial charge on any atom is -0.380 e. The van der Waals surface area contributed by atoms with E-state index in [1.54, 1.807) is 7.11 Å². The minimum absolute atomic E-state index is 0.622. The van der Waals surface area contributed by atoms with Crippen molar-refractivity contribution in [2.24, 2.45) is 0 Å². The highest BCUT2D eigenvalue weighted by atomic mass is 16.5. The van der Waals surface area contributed by atoms with E-state index in [0.29, 0.717) is 6.61 Å². The summed E-state index contributed by atoms with van der Waals surface area (Å²) in [5, 5.41) is 3.46. The van der Waals surface area contributed by atoms with Crippen LogP contribution in [0.2, 0.25) is 0 Å². The van der Waals surface area contributed by atoms with Crippen LogP contribution in [0.5, 0.6) is 0 Å². The van der Waals surface area contributed by atoms with Gasteiger partial charge in [-0.25, -0.2) is 4.98 Å². The molecule has 2 rings (SSSR count). The fourth-order valence-corrected chi connectivity index (χ4v) is 2.10. The highest BCUT2D eigenvalue weighted by Gasteiger charge is 2.04. The average Bonchev–Trinajstić information content (AvgIpc) is 2.86. The number of ether oxygens (including phenoxy) is 1. The summed E-state index contributed by atoms with van der Waals surface area (Å²) >= 11 is 0. The number of imidazole rings is 1. The number of aryl methyl sites for hydroxylation is 1. The number of anilines is 1. The maximum absolute atomic E-state index is 5.21. The molecule has 19 heavy (non-hydrogen) atoms. The van der Waals surface area contributed by atoms with Gasteiger partial charge in [0.2, 0.25) is 0 Å². The van der Waals surface area contributed by atoms with Crippen LogP contribution in [0.15, 0.2) is 36.8 Å². The molecule has 0 bridgehead atoms. The van der Waals surface area contributed by atoms with Crippen molar-refractivity contribution in [1.82, 2.24) is 9.55 Å². The van der Waals surface area contributed by atoms with Gasteiger partial charge in [0.25, 0.3) is 0 Å². The summed E-state index contributed by atoms with van der Waals surface area (Å²) in [7, 11) is 1.72. The van der Waals surface area contributed by atoms with E-state index in [-0.39, 0.29) is 0 Å². The molecule has 0 fully saturated rings. The summed E-state index contributed by atoms with van der Waals surface area (Å²) in [4.78, 5) is 4.21. The number of aromatic nitrogens is 2. The molecular weight excluding hydrogens is 238 g/mol. The van der Waals surface area contributed by atoms with Gasteiger partial charge in [0, 0.05) is 31.1 Å². The van der Waals surface area contributed by atoms with Gasteiger partial charge in [-0.1, -0.05) is 25.1 Å². The van der Waals surface area contributed by atoms with Gasteiger partial charge < -0.3 is 14.6 Å². The third-order valence-electron chi connectivity index (χ3n) is 3.04. The molecule has 1 aromatic heterocycles. The van der Waals surface area contributed by atoms with Crippen LogP contribution in [0.25, 0.3) is 0 Å². The zero-order valence-electron chi connectivity index (χ0n) is 11.6. The summed E-state index contributed by atoms with van der Waals surface area (Å²) in [6, 6.07) is 8.22. The zero-order valence-corrected chi connectivity index (χ0v) is 11.6. The normalized spacial score (nSPS) is 10.6. The van der Waals surface area contributed by atoms with Gasteiger partial charge in [-0.3, -0.25) is 0 Å². The van der Waals surface area contributed by atoms with Gasteiger partial charge in [-0.15, -0.1) is 0 Å². The number of methoxy groups -OCH3 is 1. The second kappa shape index (κ2) is 6.95. The molecular formula is C15H21N3O. The Kier molecular flexibility index (Phi) is 4.98. The van der Waals surface area contributed by atoms with E-state index >= 15 is 0 Å². The molecule has 2 aromatic rings. The first-order chi connectivity index (χ1) is 9.35. The van der Waals surface area contributed by atoms with Crippen molar-refractivity contribution in [2.45, 2.75) is 33.0 Å². The molecule has 0 saturated heterocycles. The van der Waals surface area contributed by atoms with Gasteiger partial charge in [-0.2, -0.15) is 0 Å². The SMILES string of the molecule is CCCn1cncc1CNc1ccccc1COC. The molecule has 1 N–H and O–H groups in total. The average molecular weight is 259 g/mol. The third kappa shape index (κ3) is 3.58. The Morgan fingerprint density at radius 1 is 1.32 bits per heavy atom. The third-order valence-corrected chi connectivity index (χ3v) is 3.04. The molecule has 0 saturated carbocycles. The van der Waals surface area contributed by atoms with E-state index in [1.165, 1.54) is 11.3 Å². The summed E-state index contributed by atoms with van der Waals surface area (Å²) in [6.07, 6.45) is 4.92. The molecule has 0 spiro atoms. The number of nitrogens with zero attached hydrogens (tertiary/aromatic N) is 2. The molecule has 102 valence electrons. The first-order valence-electron chi connectivity index (χ1n) is 6.65. The van der Waals surface area contributed by atoms with Crippen LogP contribution in [-0.4, -0.2) is 16.7 Å². The molecule has 0 aliphatic carbocycles. The lowest BCUT2D eigenvalue weighted by Gasteiger charge is -2.12. The van der Waals surface area contributed by atoms with E-state index in [2.05, 4.69) is 33.9 Å². The maximum Gasteiger partial charge on any atom is 0.0948 e. The van der Waals surface area contributed by atoms with Crippen LogP contribution in [-0.2, 0) is 24.4 Å². The molecule has 4 heteroatoms. The quantitative estimate of drug-likeness (QED) is 0.830. The monoisotopic (exact) mass is 259 g/mol. The lowest BCUT2D eigenvalue weighted by Crippen LogP contribution is -2.08. The van der Waals surface area contributed by atoms with Crippen molar-refractivity contribution in [3.63, 3.8) is 0 Å². The Morgan fingerprint density at radius 3 is 2.95 bits per heavy atom. The summed E-state index contributed by atoms with van der Waals surface area (Å²) in [5.74, 6) is 0. The fraction of sp³-hybridized carbons (Fsp3) is 0.400. The summed E-state index contributed by atoms with van der Waals surface area (Å²) < 4.78 is 7.40. The van der Waals surface area contributed by atoms with Crippen LogP contribution in [0.1, 0.15) is 24.6 Å². The Morgan fingerprint density at radius 2 is 2.16 bits per heavy atom. The largest absolute Gasteiger partial charge is 0.380 e. The Balaban J connectivity index is 2.03. The summed E-state index contributed by atoms with van der Waals surface area (Å²) in [5.41, 5.74) is 3.49. The lowest BCUT2D eigenvalue weighted by molar-refractivity contribution is 0.185. The number of benzene rings is 1. The Labute approximate surface area is 114 Å². The topological polar surface area (TPSA) is 39.1 Å². The molecule has 0 radical (unpaired) electrons. The van der Waals surface area contributed by atoms with Gasteiger partial charge >= 0.3 is 0 Å². The maximum atomic E-state index is 5.21. The molecule has 0 unspecified atom stereocenters. The highest BCUT2D eigenvalue weighted by molar-refractivity contribution is 5.50. The van der Waals surface area contributed by atoms with Crippen LogP contribution in [0.3, 0.4) is 0 Å². The van der Waals surface area contributed by atoms with Crippen LogP contribution in [0.4, 0.5) is 5.69 Å². The lowest BCUT2D eigenvalue weighted by atomic mass is 10.2. The molecule has 0 aliphatic heterocycles. The Hall–Kier alpha value is -1.81. The predicted molar refractivity (Wildman–Crippen MR) is 77.0 cm³/mol. The number of rotatable bonds is 7. The van der Waals surface area contributed by atoms with Crippen LogP contribution in [0, 0.1) is 0 Å². The van der Waals surface area contributed by atoms with Crippen molar-refractivity contribution >= 4 is 5.69 Å². The number of para-hydroxylation sites is 1. The van der Waals surface area contributed by atoms with E-state index in [0.717, 1.165) is 25.2 Å². The van der Waals surface area contributed by atoms with Gasteiger partial charge in [0.05, 0.1) is 25.2 Å². The van der Waals surface area contributed by atoms with Crippen LogP contribution >= 0.6 is 0 Å². The second-order valence-corrected chi connectivity index (χ2v) is 4.52. The van der Waals surface area contributed by atoms with Gasteiger partial charge in [0.15, 0.2) is 0 Å². The van der Waals surface area contributed by atoms with Crippen molar-refractivity contribution in [1.29, 1.82) is 0 Å². The number of nitrogens with one attached hydrogen (secondary N) is 1. The first kappa shape index (κ1) is 13.6. The van der Waals surface area contributed by atoms with Crippen molar-refractivity contribution < 1.29 is 4.74 Å². The fourth-order valence-electron chi connectivity index (χ4n) is 2.10. The minimum atomic E-state index is 0.622. The number of hydrogen-bond donors (Lipinski definition) is 1. The van der Waals surface area contributed by atoms with E-state index < -0.39 is 0 Å². The molecule has 0 aliphatic rings. The molecule has 0 atom stereocenters. The van der Waals surface area contributed by atoms with Crippen molar-refractivity contribution in [3.8, 4) is 0 Å². The molecule has 1 heterocycles. The zero-order chi connectivity index (χ0) is 13.5. The van der Waals surface area contributed by atoms with Crippen molar-refractivity contribution in [2.75, 3.05) is 12.4 Å². The standard InChI is InChI=1S/C15H21N3O/c1-3-8-18-12-16-9-14(18)10-17-15-7-5-4-6-13(15)11-19-2/h4-7,9,12,17H,3,8,10-11H2,1-2H3. The molecule has 1 aromatic carbocycles. The highest BCUT2D eigenvalue weighted by Crippen LogP contribution is 2.17. The molecule has 0 amide bonds. The van der Waals surface area contributed by atoms with E-state index in [9.17, 15) is 0 Å². The predicted octanol–water partition coefficient (Wildman–Crippen LogP) is 3.05. The van der Waals surface area contributed by atoms with Gasteiger partial charge in [0.1, 0.15) is 0 Å². The van der Waals surface area contributed by atoms with Crippen molar-refractivity contribution in [3.05, 3.63) is 48.0 Å². The van der Waals surface area contributed by atoms with Crippen LogP contribution < -0.4 is 5.32 Å². The molecule has 4 nitrogen and oxygen atoms in total.